The monoisotopic (exact) mass is 501 g/mol. The Morgan fingerprint density at radius 3 is 2.36 bits per heavy atom. The summed E-state index contributed by atoms with van der Waals surface area (Å²) in [6, 6.07) is 15.7. The number of anilines is 1. The van der Waals surface area contributed by atoms with Crippen molar-refractivity contribution in [1.29, 1.82) is 0 Å². The number of hydrogen-bond acceptors (Lipinski definition) is 2. The molecule has 4 rings (SSSR count). The number of allylic oxidation sites excluding steroid dienone is 1. The average Bonchev–Trinajstić information content (AvgIpc) is 2.90. The predicted octanol–water partition coefficient (Wildman–Crippen LogP) is 8.38. The van der Waals surface area contributed by atoms with Crippen LogP contribution in [0.2, 0.25) is 0 Å². The molecule has 1 aliphatic carbocycles. The van der Waals surface area contributed by atoms with Crippen molar-refractivity contribution in [1.82, 2.24) is 0 Å². The normalized spacial score (nSPS) is 15.5. The third kappa shape index (κ3) is 7.16. The van der Waals surface area contributed by atoms with Crippen LogP contribution in [-0.2, 0) is 13.0 Å². The number of fused-ring (bicyclic) bond motifs is 2. The van der Waals surface area contributed by atoms with E-state index in [4.69, 9.17) is 0 Å². The summed E-state index contributed by atoms with van der Waals surface area (Å²) in [5.41, 5.74) is 5.68. The number of thiol groups is 1. The third-order valence-corrected chi connectivity index (χ3v) is 8.07. The molecule has 0 N–H and O–H groups in total. The zero-order chi connectivity index (χ0) is 25.2. The van der Waals surface area contributed by atoms with Crippen molar-refractivity contribution in [2.75, 3.05) is 24.7 Å². The van der Waals surface area contributed by atoms with Gasteiger partial charge < -0.3 is 4.90 Å². The molecule has 1 aromatic heterocycles. The Morgan fingerprint density at radius 2 is 1.61 bits per heavy atom. The molecule has 0 radical (unpaired) electrons. The maximum Gasteiger partial charge on any atom is 0.172 e. The number of pyridine rings is 1. The van der Waals surface area contributed by atoms with Gasteiger partial charge in [0.05, 0.1) is 0 Å². The van der Waals surface area contributed by atoms with Crippen molar-refractivity contribution >= 4 is 35.2 Å². The lowest BCUT2D eigenvalue weighted by molar-refractivity contribution is -0.697. The van der Waals surface area contributed by atoms with Crippen LogP contribution in [0, 0.1) is 0 Å². The Balaban J connectivity index is 1.39. The highest BCUT2D eigenvalue weighted by molar-refractivity contribution is 7.80. The van der Waals surface area contributed by atoms with E-state index < -0.39 is 0 Å². The molecule has 1 atom stereocenters. The zero-order valence-corrected chi connectivity index (χ0v) is 23.4. The minimum absolute atomic E-state index is 0.505. The number of unbranched alkanes of at least 4 members (excludes halogenated alkanes) is 7. The van der Waals surface area contributed by atoms with Gasteiger partial charge in [0.2, 0.25) is 0 Å². The minimum Gasteiger partial charge on any atom is -0.377 e. The molecule has 3 heteroatoms. The lowest BCUT2D eigenvalue weighted by Gasteiger charge is -2.22. The fourth-order valence-electron chi connectivity index (χ4n) is 5.68. The standard InChI is InChI=1S/C33H44N2S/c1-34(2)33-21-20-29(30-16-9-10-17-31(30)33)19-18-27-14-13-15-28-22-24-35(26-32(27)28)23-11-7-5-3-4-6-8-12-25-36/h9-10,16-22,24,26-27H,3-8,11-15,23,25H2,1-2H3/p+1/b19-18+. The fourth-order valence-corrected chi connectivity index (χ4v) is 5.91. The van der Waals surface area contributed by atoms with Crippen LogP contribution in [0.4, 0.5) is 5.69 Å². The molecular weight excluding hydrogens is 456 g/mol. The molecular formula is C33H45N2S+. The SMILES string of the molecule is CN(C)c1ccc(/C=C/C2CCCc3cc[n+](CCCCCCCCCCS)cc32)c2ccccc12. The largest absolute Gasteiger partial charge is 0.377 e. The third-order valence-electron chi connectivity index (χ3n) is 7.75. The van der Waals surface area contributed by atoms with E-state index in [0.29, 0.717) is 5.92 Å². The second kappa shape index (κ2) is 13.9. The second-order valence-corrected chi connectivity index (χ2v) is 11.1. The van der Waals surface area contributed by atoms with Crippen LogP contribution < -0.4 is 9.47 Å². The van der Waals surface area contributed by atoms with Crippen molar-refractivity contribution in [3.63, 3.8) is 0 Å². The van der Waals surface area contributed by atoms with Gasteiger partial charge in [0.25, 0.3) is 0 Å². The quantitative estimate of drug-likeness (QED) is 0.140. The summed E-state index contributed by atoms with van der Waals surface area (Å²) < 4.78 is 2.44. The van der Waals surface area contributed by atoms with Gasteiger partial charge in [-0.1, -0.05) is 74.6 Å². The predicted molar refractivity (Wildman–Crippen MR) is 160 cm³/mol. The van der Waals surface area contributed by atoms with Crippen LogP contribution >= 0.6 is 12.6 Å². The topological polar surface area (TPSA) is 7.12 Å². The smallest absolute Gasteiger partial charge is 0.172 e. The lowest BCUT2D eigenvalue weighted by atomic mass is 9.83. The van der Waals surface area contributed by atoms with Gasteiger partial charge in [-0.25, -0.2) is 4.57 Å². The van der Waals surface area contributed by atoms with E-state index in [0.717, 1.165) is 12.3 Å². The second-order valence-electron chi connectivity index (χ2n) is 10.7. The zero-order valence-electron chi connectivity index (χ0n) is 22.5. The van der Waals surface area contributed by atoms with E-state index >= 15 is 0 Å². The van der Waals surface area contributed by atoms with Gasteiger partial charge in [-0.3, -0.25) is 0 Å². The molecule has 192 valence electrons. The van der Waals surface area contributed by atoms with Crippen LogP contribution in [0.1, 0.15) is 86.8 Å². The van der Waals surface area contributed by atoms with Gasteiger partial charge in [-0.2, -0.15) is 12.6 Å². The number of nitrogens with zero attached hydrogens (tertiary/aromatic N) is 2. The van der Waals surface area contributed by atoms with Crippen LogP contribution in [0.15, 0.2) is 60.9 Å². The number of hydrogen-bond donors (Lipinski definition) is 1. The van der Waals surface area contributed by atoms with Crippen LogP contribution in [0.3, 0.4) is 0 Å². The first kappa shape index (κ1) is 26.8. The van der Waals surface area contributed by atoms with Crippen molar-refractivity contribution in [2.24, 2.45) is 0 Å². The van der Waals surface area contributed by atoms with Crippen LogP contribution in [0.25, 0.3) is 16.8 Å². The Bertz CT molecular complexity index is 1130. The summed E-state index contributed by atoms with van der Waals surface area (Å²) in [7, 11) is 4.25. The molecule has 0 saturated heterocycles. The number of aryl methyl sites for hydroxylation is 2. The molecule has 0 aliphatic heterocycles. The van der Waals surface area contributed by atoms with Gasteiger partial charge >= 0.3 is 0 Å². The van der Waals surface area contributed by atoms with Crippen molar-refractivity contribution in [3.8, 4) is 0 Å². The molecule has 2 aromatic carbocycles. The van der Waals surface area contributed by atoms with Crippen LogP contribution in [-0.4, -0.2) is 19.8 Å². The summed E-state index contributed by atoms with van der Waals surface area (Å²) in [5, 5.41) is 2.66. The molecule has 1 aliphatic rings. The maximum atomic E-state index is 4.31. The molecule has 36 heavy (non-hydrogen) atoms. The summed E-state index contributed by atoms with van der Waals surface area (Å²) in [4.78, 5) is 2.21. The van der Waals surface area contributed by atoms with E-state index in [2.05, 4.69) is 103 Å². The summed E-state index contributed by atoms with van der Waals surface area (Å²) >= 11 is 4.31. The maximum absolute atomic E-state index is 4.31. The summed E-state index contributed by atoms with van der Waals surface area (Å²) in [6.07, 6.45) is 24.1. The van der Waals surface area contributed by atoms with Gasteiger partial charge in [0.1, 0.15) is 6.54 Å². The van der Waals surface area contributed by atoms with Gasteiger partial charge in [0.15, 0.2) is 12.4 Å². The van der Waals surface area contributed by atoms with Gasteiger partial charge in [-0.05, 0) is 60.4 Å². The van der Waals surface area contributed by atoms with Crippen molar-refractivity contribution in [3.05, 3.63) is 77.6 Å². The molecule has 0 spiro atoms. The first-order valence-corrected chi connectivity index (χ1v) is 14.8. The van der Waals surface area contributed by atoms with E-state index in [1.54, 1.807) is 11.1 Å². The molecule has 0 fully saturated rings. The molecule has 0 amide bonds. The number of benzene rings is 2. The molecule has 1 unspecified atom stereocenters. The Morgan fingerprint density at radius 1 is 0.889 bits per heavy atom. The summed E-state index contributed by atoms with van der Waals surface area (Å²) in [5.74, 6) is 1.54. The average molecular weight is 502 g/mol. The molecule has 0 bridgehead atoms. The van der Waals surface area contributed by atoms with Crippen LogP contribution in [0.5, 0.6) is 0 Å². The summed E-state index contributed by atoms with van der Waals surface area (Å²) in [6.45, 7) is 1.14. The van der Waals surface area contributed by atoms with Gasteiger partial charge in [-0.15, -0.1) is 0 Å². The molecule has 2 nitrogen and oxygen atoms in total. The number of rotatable bonds is 13. The van der Waals surface area contributed by atoms with E-state index in [1.807, 2.05) is 0 Å². The highest BCUT2D eigenvalue weighted by Crippen LogP contribution is 2.34. The molecule has 0 saturated carbocycles. The molecule has 1 heterocycles. The fraction of sp³-hybridized carbons (Fsp3) is 0.485. The van der Waals surface area contributed by atoms with Gasteiger partial charge in [0, 0.05) is 49.1 Å². The first-order valence-electron chi connectivity index (χ1n) is 14.2. The van der Waals surface area contributed by atoms with Crippen molar-refractivity contribution in [2.45, 2.75) is 83.1 Å². The highest BCUT2D eigenvalue weighted by Gasteiger charge is 2.21. The van der Waals surface area contributed by atoms with E-state index in [9.17, 15) is 0 Å². The van der Waals surface area contributed by atoms with Crippen molar-refractivity contribution < 1.29 is 4.57 Å². The lowest BCUT2D eigenvalue weighted by Crippen LogP contribution is -2.34. The first-order chi connectivity index (χ1) is 17.7. The Labute approximate surface area is 224 Å². The molecule has 3 aromatic rings. The highest BCUT2D eigenvalue weighted by atomic mass is 32.1. The Kier molecular flexibility index (Phi) is 10.3. The minimum atomic E-state index is 0.505. The Hall–Kier alpha value is -2.26. The van der Waals surface area contributed by atoms with E-state index in [-0.39, 0.29) is 0 Å². The van der Waals surface area contributed by atoms with E-state index in [1.165, 1.54) is 92.7 Å². The number of aromatic nitrogens is 1.